The van der Waals surface area contributed by atoms with E-state index in [2.05, 4.69) is 21.6 Å². The van der Waals surface area contributed by atoms with Crippen LogP contribution in [0.25, 0.3) is 5.65 Å². The molecule has 1 saturated carbocycles. The number of thioether (sulfide) groups is 1. The van der Waals surface area contributed by atoms with Gasteiger partial charge >= 0.3 is 0 Å². The minimum absolute atomic E-state index is 0.182. The Bertz CT molecular complexity index is 841. The fourth-order valence-corrected chi connectivity index (χ4v) is 4.28. The van der Waals surface area contributed by atoms with Gasteiger partial charge in [0.05, 0.1) is 21.4 Å². The van der Waals surface area contributed by atoms with Crippen LogP contribution in [-0.2, 0) is 4.79 Å². The first-order valence-electron chi connectivity index (χ1n) is 8.04. The van der Waals surface area contributed by atoms with Crippen molar-refractivity contribution in [2.24, 2.45) is 0 Å². The topological polar surface area (TPSA) is 83.1 Å². The predicted octanol–water partition coefficient (Wildman–Crippen LogP) is 3.86. The molecule has 2 aromatic rings. The highest BCUT2D eigenvalue weighted by molar-refractivity contribution is 8.00. The second kappa shape index (κ2) is 7.40. The van der Waals surface area contributed by atoms with Crippen molar-refractivity contribution < 1.29 is 4.79 Å². The number of amides is 1. The Morgan fingerprint density at radius 2 is 2.12 bits per heavy atom. The van der Waals surface area contributed by atoms with Crippen molar-refractivity contribution in [2.45, 2.75) is 55.0 Å². The van der Waals surface area contributed by atoms with Gasteiger partial charge in [-0.1, -0.05) is 54.2 Å². The Balaban J connectivity index is 1.75. The molecule has 0 radical (unpaired) electrons. The summed E-state index contributed by atoms with van der Waals surface area (Å²) in [6, 6.07) is 3.89. The van der Waals surface area contributed by atoms with Gasteiger partial charge in [-0.25, -0.2) is 0 Å². The van der Waals surface area contributed by atoms with Crippen molar-refractivity contribution >= 4 is 46.5 Å². The van der Waals surface area contributed by atoms with Crippen LogP contribution >= 0.6 is 35.0 Å². The van der Waals surface area contributed by atoms with Crippen molar-refractivity contribution in [1.29, 1.82) is 5.26 Å². The van der Waals surface area contributed by atoms with Crippen molar-refractivity contribution in [3.63, 3.8) is 0 Å². The summed E-state index contributed by atoms with van der Waals surface area (Å²) in [6.07, 6.45) is 6.09. The van der Waals surface area contributed by atoms with E-state index in [1.54, 1.807) is 23.6 Å². The molecule has 0 aliphatic heterocycles. The fraction of sp³-hybridized carbons (Fsp3) is 0.500. The number of nitrogens with zero attached hydrogens (tertiary/aromatic N) is 4. The Morgan fingerprint density at radius 3 is 2.80 bits per heavy atom. The fourth-order valence-electron chi connectivity index (χ4n) is 2.95. The van der Waals surface area contributed by atoms with E-state index in [0.29, 0.717) is 33.7 Å². The Labute approximate surface area is 159 Å². The van der Waals surface area contributed by atoms with E-state index in [-0.39, 0.29) is 5.91 Å². The van der Waals surface area contributed by atoms with E-state index in [1.165, 1.54) is 11.8 Å². The van der Waals surface area contributed by atoms with E-state index >= 15 is 0 Å². The van der Waals surface area contributed by atoms with Gasteiger partial charge in [-0.15, -0.1) is 10.2 Å². The number of pyridine rings is 1. The van der Waals surface area contributed by atoms with Gasteiger partial charge in [-0.3, -0.25) is 9.20 Å². The van der Waals surface area contributed by atoms with Gasteiger partial charge in [-0.2, -0.15) is 5.26 Å². The summed E-state index contributed by atoms with van der Waals surface area (Å²) in [6.45, 7) is 1.78. The third kappa shape index (κ3) is 3.86. The third-order valence-electron chi connectivity index (χ3n) is 4.33. The van der Waals surface area contributed by atoms with Gasteiger partial charge in [0.1, 0.15) is 5.54 Å². The van der Waals surface area contributed by atoms with Gasteiger partial charge in [0.2, 0.25) is 5.91 Å². The van der Waals surface area contributed by atoms with Crippen LogP contribution in [0.5, 0.6) is 0 Å². The van der Waals surface area contributed by atoms with Gasteiger partial charge in [-0.05, 0) is 25.8 Å². The molecule has 6 nitrogen and oxygen atoms in total. The van der Waals surface area contributed by atoms with Gasteiger partial charge in [0, 0.05) is 6.20 Å². The van der Waals surface area contributed by atoms with E-state index in [4.69, 9.17) is 23.2 Å². The minimum Gasteiger partial charge on any atom is -0.337 e. The summed E-state index contributed by atoms with van der Waals surface area (Å²) in [5, 5.41) is 21.5. The van der Waals surface area contributed by atoms with Crippen LogP contribution in [0.2, 0.25) is 10.0 Å². The highest BCUT2D eigenvalue weighted by atomic mass is 35.5. The molecule has 0 saturated heterocycles. The maximum Gasteiger partial charge on any atom is 0.234 e. The van der Waals surface area contributed by atoms with Crippen LogP contribution in [0.4, 0.5) is 0 Å². The monoisotopic (exact) mass is 397 g/mol. The zero-order chi connectivity index (χ0) is 18.0. The number of rotatable bonds is 4. The smallest absolute Gasteiger partial charge is 0.234 e. The molecule has 25 heavy (non-hydrogen) atoms. The zero-order valence-electron chi connectivity index (χ0n) is 13.6. The standard InChI is InChI=1S/C16H17Cl2N5OS/c1-10(14(24)20-16(9-19)5-3-2-4-6-16)25-15-22-21-13-12(18)7-11(17)8-23(13)15/h7-8,10H,2-6H2,1H3,(H,20,24)/t10-/m0/s1. The van der Waals surface area contributed by atoms with Crippen molar-refractivity contribution in [3.05, 3.63) is 22.3 Å². The van der Waals surface area contributed by atoms with E-state index in [0.717, 1.165) is 19.3 Å². The summed E-state index contributed by atoms with van der Waals surface area (Å²) in [5.41, 5.74) is -0.258. The molecule has 132 valence electrons. The molecule has 1 atom stereocenters. The Hall–Kier alpha value is -1.49. The van der Waals surface area contributed by atoms with E-state index in [9.17, 15) is 10.1 Å². The average Bonchev–Trinajstić information content (AvgIpc) is 2.98. The number of aromatic nitrogens is 3. The molecule has 1 aliphatic rings. The normalized spacial score (nSPS) is 17.8. The number of nitrogens with one attached hydrogen (secondary N) is 1. The van der Waals surface area contributed by atoms with Crippen LogP contribution in [0.15, 0.2) is 17.4 Å². The Kier molecular flexibility index (Phi) is 5.42. The van der Waals surface area contributed by atoms with Crippen LogP contribution in [0.3, 0.4) is 0 Å². The van der Waals surface area contributed by atoms with Crippen LogP contribution in [0, 0.1) is 11.3 Å². The largest absolute Gasteiger partial charge is 0.337 e. The molecule has 0 unspecified atom stereocenters. The maximum absolute atomic E-state index is 12.6. The average molecular weight is 398 g/mol. The van der Waals surface area contributed by atoms with Crippen molar-refractivity contribution in [2.75, 3.05) is 0 Å². The van der Waals surface area contributed by atoms with E-state index in [1.807, 2.05) is 0 Å². The summed E-state index contributed by atoms with van der Waals surface area (Å²) in [5.74, 6) is -0.182. The molecule has 1 N–H and O–H groups in total. The SMILES string of the molecule is C[C@H](Sc1nnc2c(Cl)cc(Cl)cn12)C(=O)NC1(C#N)CCCCC1. The van der Waals surface area contributed by atoms with Crippen molar-refractivity contribution in [3.8, 4) is 6.07 Å². The van der Waals surface area contributed by atoms with Gasteiger partial charge < -0.3 is 5.32 Å². The molecule has 0 aromatic carbocycles. The highest BCUT2D eigenvalue weighted by Gasteiger charge is 2.35. The van der Waals surface area contributed by atoms with Crippen molar-refractivity contribution in [1.82, 2.24) is 19.9 Å². The lowest BCUT2D eigenvalue weighted by Gasteiger charge is -2.32. The van der Waals surface area contributed by atoms with Crippen LogP contribution in [0.1, 0.15) is 39.0 Å². The number of hydrogen-bond donors (Lipinski definition) is 1. The molecule has 9 heteroatoms. The highest BCUT2D eigenvalue weighted by Crippen LogP contribution is 2.30. The number of carbonyl (C=O) groups excluding carboxylic acids is 1. The summed E-state index contributed by atoms with van der Waals surface area (Å²) >= 11 is 13.4. The first kappa shape index (κ1) is 18.3. The molecule has 2 aromatic heterocycles. The number of carbonyl (C=O) groups is 1. The first-order valence-corrected chi connectivity index (χ1v) is 9.67. The van der Waals surface area contributed by atoms with E-state index < -0.39 is 10.8 Å². The molecular formula is C16H17Cl2N5OS. The predicted molar refractivity (Wildman–Crippen MR) is 97.9 cm³/mol. The van der Waals surface area contributed by atoms with Crippen LogP contribution < -0.4 is 5.32 Å². The number of hydrogen-bond acceptors (Lipinski definition) is 5. The summed E-state index contributed by atoms with van der Waals surface area (Å²) in [4.78, 5) is 12.6. The molecule has 3 rings (SSSR count). The summed E-state index contributed by atoms with van der Waals surface area (Å²) in [7, 11) is 0. The van der Waals surface area contributed by atoms with Gasteiger partial charge in [0.15, 0.2) is 10.8 Å². The lowest BCUT2D eigenvalue weighted by molar-refractivity contribution is -0.121. The quantitative estimate of drug-likeness (QED) is 0.791. The molecular weight excluding hydrogens is 381 g/mol. The molecule has 0 bridgehead atoms. The zero-order valence-corrected chi connectivity index (χ0v) is 16.0. The third-order valence-corrected chi connectivity index (χ3v) is 5.87. The number of halogens is 2. The lowest BCUT2D eigenvalue weighted by atomic mass is 9.83. The minimum atomic E-state index is -0.746. The lowest BCUT2D eigenvalue weighted by Crippen LogP contribution is -2.50. The first-order chi connectivity index (χ1) is 11.9. The summed E-state index contributed by atoms with van der Waals surface area (Å²) < 4.78 is 1.67. The molecule has 1 amide bonds. The molecule has 0 spiro atoms. The van der Waals surface area contributed by atoms with Crippen LogP contribution in [-0.4, -0.2) is 31.3 Å². The molecule has 1 fully saturated rings. The molecule has 2 heterocycles. The maximum atomic E-state index is 12.6. The number of nitriles is 1. The second-order valence-corrected chi connectivity index (χ2v) is 8.34. The molecule has 1 aliphatic carbocycles. The second-order valence-electron chi connectivity index (χ2n) is 6.19. The Morgan fingerprint density at radius 1 is 1.40 bits per heavy atom. The number of fused-ring (bicyclic) bond motifs is 1. The van der Waals surface area contributed by atoms with Gasteiger partial charge in [0.25, 0.3) is 0 Å².